The lowest BCUT2D eigenvalue weighted by molar-refractivity contribution is -0.359. The average Bonchev–Trinajstić information content (AvgIpc) is 2.27. The number of hydrogen-bond acceptors (Lipinski definition) is 1. The number of alkyl halides is 7. The third-order valence-electron chi connectivity index (χ3n) is 2.57. The molecule has 19 heavy (non-hydrogen) atoms. The molecule has 0 saturated carbocycles. The van der Waals surface area contributed by atoms with Crippen LogP contribution in [0, 0.1) is 0 Å². The molecule has 108 valence electrons. The fraction of sp³-hybridized carbons (Fsp3) is 0.455. The first-order valence-electron chi connectivity index (χ1n) is 5.10. The zero-order chi connectivity index (χ0) is 15.1. The average molecular weight is 290 g/mol. The molecule has 1 N–H and O–H groups in total. The lowest BCUT2D eigenvalue weighted by Gasteiger charge is -2.28. The molecule has 1 rings (SSSR count). The Morgan fingerprint density at radius 2 is 1.53 bits per heavy atom. The van der Waals surface area contributed by atoms with Crippen LogP contribution in [0.1, 0.15) is 18.1 Å². The van der Waals surface area contributed by atoms with E-state index < -0.39 is 29.3 Å². The molecule has 8 heteroatoms. The Bertz CT molecular complexity index is 465. The Balaban J connectivity index is 3.35. The van der Waals surface area contributed by atoms with Crippen molar-refractivity contribution in [1.29, 1.82) is 0 Å². The van der Waals surface area contributed by atoms with Gasteiger partial charge in [0.2, 0.25) is 0 Å². The molecule has 1 aromatic rings. The second kappa shape index (κ2) is 4.57. The number of phenols is 1. The van der Waals surface area contributed by atoms with E-state index in [0.29, 0.717) is 18.2 Å². The summed E-state index contributed by atoms with van der Waals surface area (Å²) in [5, 5.41) is 9.21. The van der Waals surface area contributed by atoms with Crippen molar-refractivity contribution in [2.24, 2.45) is 0 Å². The summed E-state index contributed by atoms with van der Waals surface area (Å²) < 4.78 is 88.2. The van der Waals surface area contributed by atoms with Crippen LogP contribution in [-0.4, -0.2) is 17.2 Å². The first-order chi connectivity index (χ1) is 8.45. The Kier molecular flexibility index (Phi) is 3.75. The molecule has 0 fully saturated rings. The summed E-state index contributed by atoms with van der Waals surface area (Å²) in [6.45, 7) is 1.43. The predicted octanol–water partition coefficient (Wildman–Crippen LogP) is 4.24. The lowest BCUT2D eigenvalue weighted by atomic mass is 9.98. The number of halogens is 7. The van der Waals surface area contributed by atoms with Gasteiger partial charge in [-0.15, -0.1) is 0 Å². The van der Waals surface area contributed by atoms with Gasteiger partial charge in [-0.1, -0.05) is 6.92 Å². The monoisotopic (exact) mass is 290 g/mol. The number of aryl methyl sites for hydroxylation is 1. The molecule has 0 saturated heterocycles. The van der Waals surface area contributed by atoms with Gasteiger partial charge in [0.05, 0.1) is 0 Å². The van der Waals surface area contributed by atoms with Crippen molar-refractivity contribution in [2.75, 3.05) is 0 Å². The molecule has 0 bridgehead atoms. The van der Waals surface area contributed by atoms with Gasteiger partial charge in [-0.3, -0.25) is 0 Å². The van der Waals surface area contributed by atoms with Crippen LogP contribution in [0.5, 0.6) is 5.75 Å². The van der Waals surface area contributed by atoms with Crippen molar-refractivity contribution in [1.82, 2.24) is 0 Å². The molecule has 0 unspecified atom stereocenters. The zero-order valence-corrected chi connectivity index (χ0v) is 9.53. The Labute approximate surface area is 103 Å². The van der Waals surface area contributed by atoms with Gasteiger partial charge in [-0.2, -0.15) is 30.7 Å². The maximum absolute atomic E-state index is 13.3. The third kappa shape index (κ3) is 2.48. The van der Waals surface area contributed by atoms with Gasteiger partial charge >= 0.3 is 18.0 Å². The minimum atomic E-state index is -6.37. The summed E-state index contributed by atoms with van der Waals surface area (Å²) in [4.78, 5) is 0. The van der Waals surface area contributed by atoms with Crippen LogP contribution >= 0.6 is 0 Å². The molecule has 0 aliphatic heterocycles. The molecule has 1 nitrogen and oxygen atoms in total. The van der Waals surface area contributed by atoms with Crippen LogP contribution in [0.4, 0.5) is 30.7 Å². The quantitative estimate of drug-likeness (QED) is 0.825. The Hall–Kier alpha value is -1.47. The number of hydrogen-bond donors (Lipinski definition) is 1. The second-order valence-corrected chi connectivity index (χ2v) is 3.84. The van der Waals surface area contributed by atoms with Gasteiger partial charge in [-0.25, -0.2) is 0 Å². The molecule has 0 atom stereocenters. The Morgan fingerprint density at radius 3 is 1.95 bits per heavy atom. The summed E-state index contributed by atoms with van der Waals surface area (Å²) in [5.41, 5.74) is -1.64. The fourth-order valence-corrected chi connectivity index (χ4v) is 1.42. The molecule has 0 aromatic heterocycles. The molecule has 0 amide bonds. The SMILES string of the molecule is CCc1cc(C(F)(F)C(F)(F)C(F)(F)F)ccc1O. The van der Waals surface area contributed by atoms with E-state index in [4.69, 9.17) is 0 Å². The van der Waals surface area contributed by atoms with Crippen molar-refractivity contribution in [3.05, 3.63) is 29.3 Å². The topological polar surface area (TPSA) is 20.2 Å². The van der Waals surface area contributed by atoms with Crippen LogP contribution in [0.15, 0.2) is 18.2 Å². The van der Waals surface area contributed by atoms with E-state index in [2.05, 4.69) is 0 Å². The van der Waals surface area contributed by atoms with Gasteiger partial charge in [0.15, 0.2) is 0 Å². The van der Waals surface area contributed by atoms with Gasteiger partial charge < -0.3 is 5.11 Å². The highest BCUT2D eigenvalue weighted by atomic mass is 19.4. The van der Waals surface area contributed by atoms with Gasteiger partial charge in [0.1, 0.15) is 5.75 Å². The van der Waals surface area contributed by atoms with Crippen LogP contribution in [0.25, 0.3) is 0 Å². The van der Waals surface area contributed by atoms with Crippen LogP contribution in [0.3, 0.4) is 0 Å². The number of phenolic OH excluding ortho intramolecular Hbond substituents is 1. The van der Waals surface area contributed by atoms with E-state index in [-0.39, 0.29) is 12.0 Å². The number of aromatic hydroxyl groups is 1. The van der Waals surface area contributed by atoms with Crippen molar-refractivity contribution in [3.63, 3.8) is 0 Å². The van der Waals surface area contributed by atoms with Gasteiger partial charge in [0, 0.05) is 5.56 Å². The zero-order valence-electron chi connectivity index (χ0n) is 9.53. The second-order valence-electron chi connectivity index (χ2n) is 3.84. The molecule has 0 aliphatic carbocycles. The van der Waals surface area contributed by atoms with Crippen LogP contribution in [-0.2, 0) is 12.3 Å². The highest BCUT2D eigenvalue weighted by molar-refractivity contribution is 5.38. The summed E-state index contributed by atoms with van der Waals surface area (Å²) in [5.74, 6) is -12.1. The molecule has 0 heterocycles. The van der Waals surface area contributed by atoms with Gasteiger partial charge in [-0.05, 0) is 30.2 Å². The highest BCUT2D eigenvalue weighted by Crippen LogP contribution is 2.52. The molecular formula is C11H9F7O. The van der Waals surface area contributed by atoms with Crippen molar-refractivity contribution >= 4 is 0 Å². The minimum Gasteiger partial charge on any atom is -0.508 e. The first kappa shape index (κ1) is 15.6. The maximum atomic E-state index is 13.3. The normalized spacial score (nSPS) is 13.7. The number of benzene rings is 1. The highest BCUT2D eigenvalue weighted by Gasteiger charge is 2.73. The lowest BCUT2D eigenvalue weighted by Crippen LogP contribution is -2.50. The first-order valence-corrected chi connectivity index (χ1v) is 5.10. The predicted molar refractivity (Wildman–Crippen MR) is 52.4 cm³/mol. The van der Waals surface area contributed by atoms with E-state index in [0.717, 1.165) is 0 Å². The molecular weight excluding hydrogens is 281 g/mol. The minimum absolute atomic E-state index is 0.00728. The standard InChI is InChI=1S/C11H9F7O/c1-2-6-5-7(3-4-8(6)19)9(12,13)10(14,15)11(16,17)18/h3-5,19H,2H2,1H3. The van der Waals surface area contributed by atoms with Crippen molar-refractivity contribution in [3.8, 4) is 5.75 Å². The van der Waals surface area contributed by atoms with E-state index in [1.165, 1.54) is 6.92 Å². The van der Waals surface area contributed by atoms with E-state index in [1.807, 2.05) is 0 Å². The van der Waals surface area contributed by atoms with Crippen LogP contribution < -0.4 is 0 Å². The fourth-order valence-electron chi connectivity index (χ4n) is 1.42. The molecule has 0 spiro atoms. The van der Waals surface area contributed by atoms with Crippen LogP contribution in [0.2, 0.25) is 0 Å². The smallest absolute Gasteiger partial charge is 0.460 e. The Morgan fingerprint density at radius 1 is 1.00 bits per heavy atom. The summed E-state index contributed by atoms with van der Waals surface area (Å²) in [6.07, 6.45) is -6.37. The molecule has 1 aromatic carbocycles. The van der Waals surface area contributed by atoms with E-state index in [1.54, 1.807) is 0 Å². The number of rotatable bonds is 3. The third-order valence-corrected chi connectivity index (χ3v) is 2.57. The van der Waals surface area contributed by atoms with E-state index in [9.17, 15) is 35.8 Å². The molecule has 0 aliphatic rings. The molecule has 0 radical (unpaired) electrons. The van der Waals surface area contributed by atoms with Crippen molar-refractivity contribution < 1.29 is 35.8 Å². The summed E-state index contributed by atoms with van der Waals surface area (Å²) in [6, 6.07) is 1.44. The summed E-state index contributed by atoms with van der Waals surface area (Å²) in [7, 11) is 0. The van der Waals surface area contributed by atoms with Gasteiger partial charge in [0.25, 0.3) is 0 Å². The maximum Gasteiger partial charge on any atom is 0.460 e. The summed E-state index contributed by atoms with van der Waals surface area (Å²) >= 11 is 0. The van der Waals surface area contributed by atoms with E-state index >= 15 is 0 Å². The largest absolute Gasteiger partial charge is 0.508 e. The van der Waals surface area contributed by atoms with Crippen molar-refractivity contribution in [2.45, 2.75) is 31.4 Å².